The molecule has 0 bridgehead atoms. The Hall–Kier alpha value is -1.50. The summed E-state index contributed by atoms with van der Waals surface area (Å²) in [5.41, 5.74) is 0.340. The van der Waals surface area contributed by atoms with Crippen molar-refractivity contribution in [2.24, 2.45) is 0 Å². The second-order valence-corrected chi connectivity index (χ2v) is 3.96. The van der Waals surface area contributed by atoms with Crippen LogP contribution in [-0.4, -0.2) is 47.5 Å². The van der Waals surface area contributed by atoms with Crippen molar-refractivity contribution >= 4 is 5.97 Å². The average molecular weight is 256 g/mol. The molecule has 0 spiro atoms. The van der Waals surface area contributed by atoms with Gasteiger partial charge >= 0.3 is 5.97 Å². The standard InChI is InChI=1S/C12H13FO5/c13-9-8(18-12(16)10(9)14)6-17-11(15)7-4-2-1-3-5-7/h1-5,8-10,12,14,16H,6H2/t8-,9+,10+,12-/m1/s1. The second kappa shape index (κ2) is 5.43. The van der Waals surface area contributed by atoms with Crippen molar-refractivity contribution in [1.29, 1.82) is 0 Å². The number of benzene rings is 1. The van der Waals surface area contributed by atoms with Gasteiger partial charge in [-0.2, -0.15) is 0 Å². The molecule has 0 radical (unpaired) electrons. The predicted molar refractivity (Wildman–Crippen MR) is 58.5 cm³/mol. The van der Waals surface area contributed by atoms with Crippen LogP contribution in [-0.2, 0) is 9.47 Å². The third-order valence-electron chi connectivity index (χ3n) is 2.68. The van der Waals surface area contributed by atoms with Gasteiger partial charge in [-0.3, -0.25) is 0 Å². The Morgan fingerprint density at radius 1 is 1.33 bits per heavy atom. The van der Waals surface area contributed by atoms with Gasteiger partial charge in [-0.05, 0) is 12.1 Å². The minimum Gasteiger partial charge on any atom is -0.459 e. The van der Waals surface area contributed by atoms with E-state index >= 15 is 0 Å². The Labute approximate surface area is 103 Å². The highest BCUT2D eigenvalue weighted by Crippen LogP contribution is 2.22. The normalized spacial score (nSPS) is 31.3. The Kier molecular flexibility index (Phi) is 3.90. The zero-order valence-corrected chi connectivity index (χ0v) is 9.40. The lowest BCUT2D eigenvalue weighted by Gasteiger charge is -2.12. The number of aliphatic hydroxyl groups is 2. The zero-order valence-electron chi connectivity index (χ0n) is 9.40. The van der Waals surface area contributed by atoms with E-state index in [2.05, 4.69) is 0 Å². The molecule has 1 fully saturated rings. The van der Waals surface area contributed by atoms with E-state index in [0.717, 1.165) is 0 Å². The minimum atomic E-state index is -1.77. The SMILES string of the molecule is O=C(OC[C@H]1O[C@@H](O)[C@@H](O)[C@H]1F)c1ccccc1. The summed E-state index contributed by atoms with van der Waals surface area (Å²) in [6.45, 7) is -0.358. The molecule has 1 heterocycles. The summed E-state index contributed by atoms with van der Waals surface area (Å²) < 4.78 is 22.9. The summed E-state index contributed by atoms with van der Waals surface area (Å²) in [4.78, 5) is 11.5. The van der Waals surface area contributed by atoms with Crippen LogP contribution in [0.5, 0.6) is 0 Å². The molecule has 0 saturated carbocycles. The van der Waals surface area contributed by atoms with E-state index in [9.17, 15) is 9.18 Å². The number of carbonyl (C=O) groups is 1. The maximum absolute atomic E-state index is 13.4. The first-order valence-corrected chi connectivity index (χ1v) is 5.47. The largest absolute Gasteiger partial charge is 0.459 e. The van der Waals surface area contributed by atoms with E-state index in [0.29, 0.717) is 5.56 Å². The highest BCUT2D eigenvalue weighted by atomic mass is 19.1. The number of aliphatic hydroxyl groups excluding tert-OH is 2. The molecule has 1 saturated heterocycles. The summed E-state index contributed by atoms with van der Waals surface area (Å²) in [6, 6.07) is 8.23. The first kappa shape index (κ1) is 12.9. The highest BCUT2D eigenvalue weighted by molar-refractivity contribution is 5.89. The summed E-state index contributed by atoms with van der Waals surface area (Å²) in [5.74, 6) is -0.609. The van der Waals surface area contributed by atoms with Crippen LogP contribution in [0.15, 0.2) is 30.3 Å². The van der Waals surface area contributed by atoms with Gasteiger partial charge in [0.2, 0.25) is 0 Å². The van der Waals surface area contributed by atoms with Crippen LogP contribution in [0.1, 0.15) is 10.4 Å². The molecular formula is C12H13FO5. The maximum atomic E-state index is 13.4. The van der Waals surface area contributed by atoms with E-state index in [4.69, 9.17) is 19.7 Å². The third kappa shape index (κ3) is 2.66. The monoisotopic (exact) mass is 256 g/mol. The van der Waals surface area contributed by atoms with Crippen molar-refractivity contribution in [3.63, 3.8) is 0 Å². The van der Waals surface area contributed by atoms with Crippen molar-refractivity contribution in [1.82, 2.24) is 0 Å². The van der Waals surface area contributed by atoms with Gasteiger partial charge in [-0.1, -0.05) is 18.2 Å². The summed E-state index contributed by atoms with van der Waals surface area (Å²) in [7, 11) is 0. The first-order valence-electron chi connectivity index (χ1n) is 5.47. The number of hydrogen-bond acceptors (Lipinski definition) is 5. The zero-order chi connectivity index (χ0) is 13.1. The van der Waals surface area contributed by atoms with Crippen molar-refractivity contribution in [3.8, 4) is 0 Å². The number of hydrogen-bond donors (Lipinski definition) is 2. The predicted octanol–water partition coefficient (Wildman–Crippen LogP) is 0.260. The van der Waals surface area contributed by atoms with Gasteiger partial charge in [0.15, 0.2) is 12.5 Å². The Morgan fingerprint density at radius 3 is 2.56 bits per heavy atom. The van der Waals surface area contributed by atoms with Crippen molar-refractivity contribution < 1.29 is 28.9 Å². The molecule has 1 aromatic carbocycles. The van der Waals surface area contributed by atoms with Gasteiger partial charge in [-0.25, -0.2) is 9.18 Å². The first-order chi connectivity index (χ1) is 8.59. The molecule has 5 nitrogen and oxygen atoms in total. The van der Waals surface area contributed by atoms with Crippen LogP contribution in [0.25, 0.3) is 0 Å². The van der Waals surface area contributed by atoms with E-state index in [1.165, 1.54) is 0 Å². The molecule has 0 unspecified atom stereocenters. The molecule has 18 heavy (non-hydrogen) atoms. The van der Waals surface area contributed by atoms with Crippen molar-refractivity contribution in [2.75, 3.05) is 6.61 Å². The van der Waals surface area contributed by atoms with E-state index < -0.39 is 30.6 Å². The lowest BCUT2D eigenvalue weighted by atomic mass is 10.2. The molecular weight excluding hydrogens is 243 g/mol. The number of rotatable bonds is 3. The fourth-order valence-electron chi connectivity index (χ4n) is 1.66. The van der Waals surface area contributed by atoms with Gasteiger partial charge in [0, 0.05) is 0 Å². The number of ether oxygens (including phenoxy) is 2. The van der Waals surface area contributed by atoms with Crippen LogP contribution in [0.4, 0.5) is 4.39 Å². The van der Waals surface area contributed by atoms with Gasteiger partial charge in [0.1, 0.15) is 18.8 Å². The topological polar surface area (TPSA) is 76.0 Å². The Morgan fingerprint density at radius 2 is 2.00 bits per heavy atom. The van der Waals surface area contributed by atoms with Crippen LogP contribution >= 0.6 is 0 Å². The van der Waals surface area contributed by atoms with Crippen LogP contribution in [0.3, 0.4) is 0 Å². The van der Waals surface area contributed by atoms with Crippen LogP contribution in [0.2, 0.25) is 0 Å². The summed E-state index contributed by atoms with van der Waals surface area (Å²) in [6.07, 6.45) is -6.11. The number of esters is 1. The van der Waals surface area contributed by atoms with Gasteiger partial charge < -0.3 is 19.7 Å². The van der Waals surface area contributed by atoms with Crippen molar-refractivity contribution in [2.45, 2.75) is 24.7 Å². The molecule has 4 atom stereocenters. The van der Waals surface area contributed by atoms with Crippen LogP contribution in [0, 0.1) is 0 Å². The third-order valence-corrected chi connectivity index (χ3v) is 2.68. The molecule has 1 aliphatic heterocycles. The molecule has 0 aliphatic carbocycles. The molecule has 2 N–H and O–H groups in total. The number of carbonyl (C=O) groups excluding carboxylic acids is 1. The average Bonchev–Trinajstić information content (AvgIpc) is 2.64. The summed E-state index contributed by atoms with van der Waals surface area (Å²) in [5, 5.41) is 18.2. The summed E-state index contributed by atoms with van der Waals surface area (Å²) >= 11 is 0. The fourth-order valence-corrected chi connectivity index (χ4v) is 1.66. The molecule has 6 heteroatoms. The van der Waals surface area contributed by atoms with Gasteiger partial charge in [-0.15, -0.1) is 0 Å². The van der Waals surface area contributed by atoms with Crippen molar-refractivity contribution in [3.05, 3.63) is 35.9 Å². The maximum Gasteiger partial charge on any atom is 0.338 e. The smallest absolute Gasteiger partial charge is 0.338 e. The quantitative estimate of drug-likeness (QED) is 0.759. The number of halogens is 1. The van der Waals surface area contributed by atoms with E-state index in [1.54, 1.807) is 30.3 Å². The lowest BCUT2D eigenvalue weighted by Crippen LogP contribution is -2.31. The minimum absolute atomic E-state index is 0.340. The van der Waals surface area contributed by atoms with Crippen LogP contribution < -0.4 is 0 Å². The van der Waals surface area contributed by atoms with E-state index in [1.807, 2.05) is 0 Å². The van der Waals surface area contributed by atoms with Gasteiger partial charge in [0.05, 0.1) is 5.56 Å². The molecule has 0 aromatic heterocycles. The van der Waals surface area contributed by atoms with E-state index in [-0.39, 0.29) is 6.61 Å². The van der Waals surface area contributed by atoms with Gasteiger partial charge in [0.25, 0.3) is 0 Å². The second-order valence-electron chi connectivity index (χ2n) is 3.96. The Bertz CT molecular complexity index is 410. The fraction of sp³-hybridized carbons (Fsp3) is 0.417. The molecule has 1 aliphatic rings. The molecule has 1 aromatic rings. The lowest BCUT2D eigenvalue weighted by molar-refractivity contribution is -0.133. The highest BCUT2D eigenvalue weighted by Gasteiger charge is 2.43. The number of alkyl halides is 1. The molecule has 98 valence electrons. The molecule has 2 rings (SSSR count). The Balaban J connectivity index is 1.88. The molecule has 0 amide bonds.